The molecule has 18 heavy (non-hydrogen) atoms. The van der Waals surface area contributed by atoms with Gasteiger partial charge in [-0.1, -0.05) is 35.3 Å². The Labute approximate surface area is 115 Å². The first kappa shape index (κ1) is 12.9. The van der Waals surface area contributed by atoms with Crippen LogP contribution in [0, 0.1) is 6.92 Å². The number of benzene rings is 2. The quantitative estimate of drug-likeness (QED) is 0.747. The van der Waals surface area contributed by atoms with Gasteiger partial charge in [0.1, 0.15) is 11.5 Å². The van der Waals surface area contributed by atoms with Gasteiger partial charge in [0.15, 0.2) is 6.29 Å². The fourth-order valence-corrected chi connectivity index (χ4v) is 1.90. The van der Waals surface area contributed by atoms with Crippen molar-refractivity contribution in [2.45, 2.75) is 6.92 Å². The van der Waals surface area contributed by atoms with E-state index in [1.165, 1.54) is 0 Å². The Hall–Kier alpha value is -1.51. The van der Waals surface area contributed by atoms with Gasteiger partial charge in [-0.2, -0.15) is 0 Å². The lowest BCUT2D eigenvalue weighted by Crippen LogP contribution is -1.93. The number of hydrogen-bond acceptors (Lipinski definition) is 2. The second-order valence-corrected chi connectivity index (χ2v) is 4.63. The van der Waals surface area contributed by atoms with Gasteiger partial charge < -0.3 is 4.74 Å². The van der Waals surface area contributed by atoms with Crippen LogP contribution in [0.3, 0.4) is 0 Å². The van der Waals surface area contributed by atoms with E-state index in [2.05, 4.69) is 0 Å². The molecule has 0 aliphatic heterocycles. The first-order valence-electron chi connectivity index (χ1n) is 5.29. The first-order valence-corrected chi connectivity index (χ1v) is 6.05. The molecule has 0 saturated heterocycles. The molecular formula is C14H10Cl2O2. The van der Waals surface area contributed by atoms with Crippen molar-refractivity contribution in [2.75, 3.05) is 0 Å². The summed E-state index contributed by atoms with van der Waals surface area (Å²) >= 11 is 11.8. The number of aldehydes is 1. The average molecular weight is 281 g/mol. The van der Waals surface area contributed by atoms with Crippen molar-refractivity contribution in [2.24, 2.45) is 0 Å². The van der Waals surface area contributed by atoms with Crippen molar-refractivity contribution in [3.05, 3.63) is 57.6 Å². The van der Waals surface area contributed by atoms with Crippen LogP contribution in [0.1, 0.15) is 15.9 Å². The SMILES string of the molecule is Cc1ccc(Cl)cc1Oc1cccc(Cl)c1C=O. The van der Waals surface area contributed by atoms with Crippen molar-refractivity contribution in [1.82, 2.24) is 0 Å². The fraction of sp³-hybridized carbons (Fsp3) is 0.0714. The van der Waals surface area contributed by atoms with E-state index in [9.17, 15) is 4.79 Å². The normalized spacial score (nSPS) is 10.2. The van der Waals surface area contributed by atoms with Gasteiger partial charge in [0.05, 0.1) is 10.6 Å². The summed E-state index contributed by atoms with van der Waals surface area (Å²) in [7, 11) is 0. The summed E-state index contributed by atoms with van der Waals surface area (Å²) in [6.07, 6.45) is 0.678. The van der Waals surface area contributed by atoms with E-state index in [1.807, 2.05) is 13.0 Å². The maximum atomic E-state index is 11.0. The number of carbonyl (C=O) groups is 1. The first-order chi connectivity index (χ1) is 8.61. The molecule has 0 unspecified atom stereocenters. The number of hydrogen-bond donors (Lipinski definition) is 0. The van der Waals surface area contributed by atoms with E-state index in [4.69, 9.17) is 27.9 Å². The van der Waals surface area contributed by atoms with Gasteiger partial charge in [-0.15, -0.1) is 0 Å². The third kappa shape index (κ3) is 2.66. The van der Waals surface area contributed by atoms with Crippen LogP contribution in [-0.4, -0.2) is 6.29 Å². The van der Waals surface area contributed by atoms with Crippen molar-refractivity contribution >= 4 is 29.5 Å². The van der Waals surface area contributed by atoms with E-state index in [1.54, 1.807) is 30.3 Å². The topological polar surface area (TPSA) is 26.3 Å². The molecule has 0 saturated carbocycles. The van der Waals surface area contributed by atoms with Crippen LogP contribution in [0.25, 0.3) is 0 Å². The molecule has 0 aliphatic carbocycles. The van der Waals surface area contributed by atoms with Crippen LogP contribution in [-0.2, 0) is 0 Å². The molecule has 92 valence electrons. The summed E-state index contributed by atoms with van der Waals surface area (Å²) in [5.74, 6) is 1.02. The van der Waals surface area contributed by atoms with Crippen molar-refractivity contribution < 1.29 is 9.53 Å². The molecule has 2 aromatic rings. The maximum absolute atomic E-state index is 11.0. The Morgan fingerprint density at radius 3 is 2.61 bits per heavy atom. The Balaban J connectivity index is 2.43. The number of rotatable bonds is 3. The molecule has 0 amide bonds. The highest BCUT2D eigenvalue weighted by atomic mass is 35.5. The zero-order valence-corrected chi connectivity index (χ0v) is 11.1. The lowest BCUT2D eigenvalue weighted by atomic mass is 10.2. The average Bonchev–Trinajstić information content (AvgIpc) is 2.34. The third-order valence-corrected chi connectivity index (χ3v) is 3.07. The molecule has 0 atom stereocenters. The molecular weight excluding hydrogens is 271 g/mol. The molecule has 2 aromatic carbocycles. The van der Waals surface area contributed by atoms with Crippen LogP contribution in [0.4, 0.5) is 0 Å². The maximum Gasteiger partial charge on any atom is 0.155 e. The largest absolute Gasteiger partial charge is 0.456 e. The molecule has 0 heterocycles. The van der Waals surface area contributed by atoms with Crippen LogP contribution in [0.15, 0.2) is 36.4 Å². The van der Waals surface area contributed by atoms with Crippen LogP contribution < -0.4 is 4.74 Å². The van der Waals surface area contributed by atoms with Crippen molar-refractivity contribution in [3.63, 3.8) is 0 Å². The molecule has 0 spiro atoms. The zero-order valence-electron chi connectivity index (χ0n) is 9.61. The molecule has 0 aromatic heterocycles. The summed E-state index contributed by atoms with van der Waals surface area (Å²) in [5, 5.41) is 0.937. The van der Waals surface area contributed by atoms with E-state index in [0.717, 1.165) is 5.56 Å². The summed E-state index contributed by atoms with van der Waals surface area (Å²) in [6, 6.07) is 10.4. The zero-order chi connectivity index (χ0) is 13.1. The smallest absolute Gasteiger partial charge is 0.155 e. The van der Waals surface area contributed by atoms with Gasteiger partial charge in [-0.05, 0) is 36.8 Å². The Morgan fingerprint density at radius 2 is 1.89 bits per heavy atom. The molecule has 0 fully saturated rings. The van der Waals surface area contributed by atoms with Crippen molar-refractivity contribution in [3.8, 4) is 11.5 Å². The van der Waals surface area contributed by atoms with E-state index < -0.39 is 0 Å². The summed E-state index contributed by atoms with van der Waals surface area (Å²) in [6.45, 7) is 1.90. The highest BCUT2D eigenvalue weighted by Crippen LogP contribution is 2.32. The minimum Gasteiger partial charge on any atom is -0.456 e. The monoisotopic (exact) mass is 280 g/mol. The number of aryl methyl sites for hydroxylation is 1. The van der Waals surface area contributed by atoms with E-state index in [-0.39, 0.29) is 0 Å². The standard InChI is InChI=1S/C14H10Cl2O2/c1-9-5-6-10(15)7-14(9)18-13-4-2-3-12(16)11(13)8-17/h2-8H,1H3. The number of halogens is 2. The van der Waals surface area contributed by atoms with Gasteiger partial charge in [0.2, 0.25) is 0 Å². The van der Waals surface area contributed by atoms with Gasteiger partial charge in [0.25, 0.3) is 0 Å². The van der Waals surface area contributed by atoms with E-state index >= 15 is 0 Å². The van der Waals surface area contributed by atoms with E-state index in [0.29, 0.717) is 33.4 Å². The highest BCUT2D eigenvalue weighted by Gasteiger charge is 2.09. The Bertz CT molecular complexity index is 594. The predicted octanol–water partition coefficient (Wildman–Crippen LogP) is 4.91. The van der Waals surface area contributed by atoms with Gasteiger partial charge >= 0.3 is 0 Å². The van der Waals surface area contributed by atoms with Gasteiger partial charge in [-0.25, -0.2) is 0 Å². The second-order valence-electron chi connectivity index (χ2n) is 3.78. The number of ether oxygens (including phenoxy) is 1. The fourth-order valence-electron chi connectivity index (χ4n) is 1.52. The molecule has 0 N–H and O–H groups in total. The summed E-state index contributed by atoms with van der Waals surface area (Å²) < 4.78 is 5.69. The van der Waals surface area contributed by atoms with Gasteiger partial charge in [-0.3, -0.25) is 4.79 Å². The third-order valence-electron chi connectivity index (χ3n) is 2.50. The Morgan fingerprint density at radius 1 is 1.11 bits per heavy atom. The van der Waals surface area contributed by atoms with Crippen LogP contribution >= 0.6 is 23.2 Å². The minimum absolute atomic E-state index is 0.332. The van der Waals surface area contributed by atoms with Crippen LogP contribution in [0.2, 0.25) is 10.0 Å². The lowest BCUT2D eigenvalue weighted by molar-refractivity contribution is 0.112. The predicted molar refractivity (Wildman–Crippen MR) is 73.1 cm³/mol. The lowest BCUT2D eigenvalue weighted by Gasteiger charge is -2.11. The highest BCUT2D eigenvalue weighted by molar-refractivity contribution is 6.33. The summed E-state index contributed by atoms with van der Waals surface area (Å²) in [5.41, 5.74) is 1.26. The summed E-state index contributed by atoms with van der Waals surface area (Å²) in [4.78, 5) is 11.0. The van der Waals surface area contributed by atoms with Crippen molar-refractivity contribution in [1.29, 1.82) is 0 Å². The second kappa shape index (κ2) is 5.42. The minimum atomic E-state index is 0.332. The molecule has 0 radical (unpaired) electrons. The molecule has 4 heteroatoms. The van der Waals surface area contributed by atoms with Gasteiger partial charge in [0, 0.05) is 5.02 Å². The molecule has 2 nitrogen and oxygen atoms in total. The Kier molecular flexibility index (Phi) is 3.90. The molecule has 0 bridgehead atoms. The molecule has 0 aliphatic rings. The van der Waals surface area contributed by atoms with Crippen LogP contribution in [0.5, 0.6) is 11.5 Å². The number of carbonyl (C=O) groups excluding carboxylic acids is 1. The molecule has 2 rings (SSSR count).